The van der Waals surface area contributed by atoms with E-state index in [4.69, 9.17) is 4.74 Å². The Kier molecular flexibility index (Phi) is 3.37. The maximum atomic E-state index is 12.6. The first kappa shape index (κ1) is 14.6. The molecule has 1 heterocycles. The Hall–Kier alpha value is -1.82. The molecule has 0 aliphatic carbocycles. The van der Waals surface area contributed by atoms with Crippen LogP contribution >= 0.6 is 0 Å². The molecule has 1 aromatic rings. The van der Waals surface area contributed by atoms with Crippen LogP contribution < -0.4 is 0 Å². The van der Waals surface area contributed by atoms with E-state index >= 15 is 0 Å². The van der Waals surface area contributed by atoms with Gasteiger partial charge in [0.25, 0.3) is 10.0 Å². The lowest BCUT2D eigenvalue weighted by atomic mass is 10.0. The molecule has 20 heavy (non-hydrogen) atoms. The topological polar surface area (TPSA) is 63.7 Å². The van der Waals surface area contributed by atoms with Crippen molar-refractivity contribution >= 4 is 16.1 Å². The Morgan fingerprint density at radius 1 is 1.30 bits per heavy atom. The fraction of sp³-hybridized carbons (Fsp3) is 0.357. The lowest BCUT2D eigenvalue weighted by Crippen LogP contribution is -2.43. The number of sulfonamides is 1. The molecular weight excluding hydrogens is 278 g/mol. The Labute approximate surface area is 118 Å². The highest BCUT2D eigenvalue weighted by atomic mass is 32.2. The van der Waals surface area contributed by atoms with Crippen molar-refractivity contribution in [3.8, 4) is 0 Å². The Morgan fingerprint density at radius 3 is 2.35 bits per heavy atom. The van der Waals surface area contributed by atoms with E-state index in [-0.39, 0.29) is 4.90 Å². The van der Waals surface area contributed by atoms with Crippen LogP contribution in [0, 0.1) is 6.92 Å². The van der Waals surface area contributed by atoms with Crippen molar-refractivity contribution in [2.75, 3.05) is 0 Å². The maximum Gasteiger partial charge on any atom is 0.425 e. The summed E-state index contributed by atoms with van der Waals surface area (Å²) in [5.74, 6) is 0. The SMILES string of the molecule is C=C[C@@H]1N(S(=O)(=O)c2ccc(C)cc2)C(=O)OC1(C)C. The largest absolute Gasteiger partial charge is 0.440 e. The minimum absolute atomic E-state index is 0.0598. The van der Waals surface area contributed by atoms with Gasteiger partial charge in [0.1, 0.15) is 11.6 Å². The van der Waals surface area contributed by atoms with Crippen LogP contribution in [0.2, 0.25) is 0 Å². The van der Waals surface area contributed by atoms with E-state index in [0.717, 1.165) is 9.87 Å². The molecule has 0 bridgehead atoms. The van der Waals surface area contributed by atoms with Crippen LogP contribution in [-0.4, -0.2) is 30.5 Å². The van der Waals surface area contributed by atoms with Crippen molar-refractivity contribution in [1.29, 1.82) is 0 Å². The van der Waals surface area contributed by atoms with E-state index in [1.54, 1.807) is 26.0 Å². The van der Waals surface area contributed by atoms with Crippen LogP contribution in [0.25, 0.3) is 0 Å². The highest BCUT2D eigenvalue weighted by Gasteiger charge is 2.51. The van der Waals surface area contributed by atoms with Gasteiger partial charge in [-0.05, 0) is 32.9 Å². The van der Waals surface area contributed by atoms with Gasteiger partial charge in [-0.15, -0.1) is 6.58 Å². The van der Waals surface area contributed by atoms with Crippen LogP contribution in [0.4, 0.5) is 4.79 Å². The summed E-state index contributed by atoms with van der Waals surface area (Å²) in [6.07, 6.45) is 0.539. The average molecular weight is 295 g/mol. The van der Waals surface area contributed by atoms with Crippen LogP contribution in [-0.2, 0) is 14.8 Å². The molecule has 1 aliphatic rings. The molecule has 0 radical (unpaired) electrons. The van der Waals surface area contributed by atoms with E-state index in [1.165, 1.54) is 18.2 Å². The van der Waals surface area contributed by atoms with Crippen molar-refractivity contribution in [3.05, 3.63) is 42.5 Å². The smallest absolute Gasteiger partial charge is 0.425 e. The number of carbonyl (C=O) groups excluding carboxylic acids is 1. The van der Waals surface area contributed by atoms with Crippen molar-refractivity contribution in [3.63, 3.8) is 0 Å². The third kappa shape index (κ3) is 2.20. The quantitative estimate of drug-likeness (QED) is 0.804. The molecule has 6 heteroatoms. The van der Waals surface area contributed by atoms with Crippen LogP contribution in [0.3, 0.4) is 0 Å². The molecule has 1 aliphatic heterocycles. The van der Waals surface area contributed by atoms with Gasteiger partial charge in [0, 0.05) is 0 Å². The van der Waals surface area contributed by atoms with Gasteiger partial charge in [-0.1, -0.05) is 23.8 Å². The number of hydrogen-bond donors (Lipinski definition) is 0. The lowest BCUT2D eigenvalue weighted by molar-refractivity contribution is 0.0765. The summed E-state index contributed by atoms with van der Waals surface area (Å²) in [4.78, 5) is 12.0. The normalized spacial score (nSPS) is 21.6. The number of carbonyl (C=O) groups is 1. The zero-order valence-electron chi connectivity index (χ0n) is 11.7. The maximum absolute atomic E-state index is 12.6. The Balaban J connectivity index is 2.51. The predicted molar refractivity (Wildman–Crippen MR) is 74.7 cm³/mol. The number of cyclic esters (lactones) is 1. The van der Waals surface area contributed by atoms with Gasteiger partial charge in [-0.25, -0.2) is 13.2 Å². The summed E-state index contributed by atoms with van der Waals surface area (Å²) in [7, 11) is -3.95. The van der Waals surface area contributed by atoms with Crippen molar-refractivity contribution in [2.45, 2.75) is 37.3 Å². The molecule has 0 spiro atoms. The second-order valence-corrected chi connectivity index (χ2v) is 7.08. The van der Waals surface area contributed by atoms with Gasteiger partial charge in [-0.2, -0.15) is 4.31 Å². The fourth-order valence-electron chi connectivity index (χ4n) is 2.18. The Morgan fingerprint density at radius 2 is 1.85 bits per heavy atom. The number of nitrogens with zero attached hydrogens (tertiary/aromatic N) is 1. The first-order valence-electron chi connectivity index (χ1n) is 6.17. The second kappa shape index (κ2) is 4.63. The number of ether oxygens (including phenoxy) is 1. The summed E-state index contributed by atoms with van der Waals surface area (Å²) in [6.45, 7) is 8.77. The van der Waals surface area contributed by atoms with E-state index in [9.17, 15) is 13.2 Å². The highest BCUT2D eigenvalue weighted by molar-refractivity contribution is 7.89. The summed E-state index contributed by atoms with van der Waals surface area (Å²) in [6, 6.07) is 5.58. The van der Waals surface area contributed by atoms with Crippen LogP contribution in [0.5, 0.6) is 0 Å². The molecule has 2 rings (SSSR count). The lowest BCUT2D eigenvalue weighted by Gasteiger charge is -2.25. The summed E-state index contributed by atoms with van der Waals surface area (Å²) < 4.78 is 31.1. The zero-order chi connectivity index (χ0) is 15.1. The van der Waals surface area contributed by atoms with Gasteiger partial charge in [0.15, 0.2) is 0 Å². The predicted octanol–water partition coefficient (Wildman–Crippen LogP) is 2.47. The van der Waals surface area contributed by atoms with Gasteiger partial charge in [0.2, 0.25) is 0 Å². The van der Waals surface area contributed by atoms with Crippen molar-refractivity contribution < 1.29 is 17.9 Å². The first-order valence-corrected chi connectivity index (χ1v) is 7.61. The number of aryl methyl sites for hydroxylation is 1. The molecule has 1 aromatic carbocycles. The summed E-state index contributed by atoms with van der Waals surface area (Å²) >= 11 is 0. The third-order valence-corrected chi connectivity index (χ3v) is 5.06. The molecule has 108 valence electrons. The van der Waals surface area contributed by atoms with E-state index < -0.39 is 27.8 Å². The molecule has 0 saturated carbocycles. The molecule has 0 aromatic heterocycles. The molecular formula is C14H17NO4S. The van der Waals surface area contributed by atoms with Crippen molar-refractivity contribution in [1.82, 2.24) is 4.31 Å². The molecule has 5 nitrogen and oxygen atoms in total. The average Bonchev–Trinajstić information content (AvgIpc) is 2.58. The standard InChI is InChI=1S/C14H17NO4S/c1-5-12-14(3,4)19-13(16)15(12)20(17,18)11-8-6-10(2)7-9-11/h5-9,12H,1H2,2-4H3/t12-/m0/s1. The van der Waals surface area contributed by atoms with Crippen LogP contribution in [0.15, 0.2) is 41.8 Å². The number of rotatable bonds is 3. The first-order chi connectivity index (χ1) is 9.20. The summed E-state index contributed by atoms with van der Waals surface area (Å²) in [5, 5.41) is 0. The number of amides is 1. The van der Waals surface area contributed by atoms with E-state index in [0.29, 0.717) is 0 Å². The molecule has 1 amide bonds. The molecule has 0 N–H and O–H groups in total. The highest BCUT2D eigenvalue weighted by Crippen LogP contribution is 2.34. The Bertz CT molecular complexity index is 646. The van der Waals surface area contributed by atoms with E-state index in [1.807, 2.05) is 6.92 Å². The molecule has 1 atom stereocenters. The van der Waals surface area contributed by atoms with Gasteiger partial charge in [-0.3, -0.25) is 0 Å². The number of hydrogen-bond acceptors (Lipinski definition) is 4. The monoisotopic (exact) mass is 295 g/mol. The second-order valence-electron chi connectivity index (χ2n) is 5.27. The van der Waals surface area contributed by atoms with Gasteiger partial charge in [0.05, 0.1) is 4.90 Å². The minimum Gasteiger partial charge on any atom is -0.440 e. The minimum atomic E-state index is -3.95. The molecule has 0 unspecified atom stereocenters. The van der Waals surface area contributed by atoms with Crippen molar-refractivity contribution in [2.24, 2.45) is 0 Å². The van der Waals surface area contributed by atoms with Crippen LogP contribution in [0.1, 0.15) is 19.4 Å². The summed E-state index contributed by atoms with van der Waals surface area (Å²) in [5.41, 5.74) is 0.00454. The molecule has 1 fully saturated rings. The zero-order valence-corrected chi connectivity index (χ0v) is 12.5. The van der Waals surface area contributed by atoms with E-state index in [2.05, 4.69) is 6.58 Å². The third-order valence-electron chi connectivity index (χ3n) is 3.30. The van der Waals surface area contributed by atoms with Gasteiger partial charge >= 0.3 is 6.09 Å². The number of benzene rings is 1. The fourth-order valence-corrected chi connectivity index (χ4v) is 3.76. The van der Waals surface area contributed by atoms with Gasteiger partial charge < -0.3 is 4.74 Å². The molecule has 1 saturated heterocycles.